The first-order valence-electron chi connectivity index (χ1n) is 20.8. The van der Waals surface area contributed by atoms with E-state index >= 15 is 0 Å². The number of amides is 9. The normalized spacial score (nSPS) is 22.3. The third kappa shape index (κ3) is 15.7. The van der Waals surface area contributed by atoms with Crippen LogP contribution < -0.4 is 60.2 Å². The monoisotopic (exact) mass is 887 g/mol. The van der Waals surface area contributed by atoms with Gasteiger partial charge in [-0.05, 0) is 55.7 Å². The zero-order valence-electron chi connectivity index (χ0n) is 35.2. The van der Waals surface area contributed by atoms with Crippen LogP contribution in [0.15, 0.2) is 65.8 Å². The van der Waals surface area contributed by atoms with Crippen LogP contribution >= 0.6 is 0 Å². The van der Waals surface area contributed by atoms with Crippen molar-refractivity contribution in [3.8, 4) is 0 Å². The van der Waals surface area contributed by atoms with Gasteiger partial charge in [-0.2, -0.15) is 0 Å². The van der Waals surface area contributed by atoms with Gasteiger partial charge in [0.2, 0.25) is 53.7 Å². The number of primary amides is 2. The van der Waals surface area contributed by atoms with Gasteiger partial charge in [0, 0.05) is 55.9 Å². The summed E-state index contributed by atoms with van der Waals surface area (Å²) in [6.45, 7) is 0.0973. The second-order valence-corrected chi connectivity index (χ2v) is 15.3. The number of aromatic nitrogens is 1. The number of para-hydroxylation sites is 1. The van der Waals surface area contributed by atoms with Crippen molar-refractivity contribution in [1.29, 1.82) is 0 Å². The number of hydrogen-bond donors (Lipinski definition) is 12. The van der Waals surface area contributed by atoms with E-state index in [1.807, 2.05) is 18.2 Å². The first-order chi connectivity index (χ1) is 30.6. The van der Waals surface area contributed by atoms with E-state index in [2.05, 4.69) is 47.2 Å². The molecule has 1 aromatic heterocycles. The summed E-state index contributed by atoms with van der Waals surface area (Å²) in [6, 6.07) is 7.81. The molecule has 0 saturated carbocycles. The highest BCUT2D eigenvalue weighted by Gasteiger charge is 2.34. The van der Waals surface area contributed by atoms with Crippen LogP contribution in [0.1, 0.15) is 62.5 Å². The SMILES string of the molecule is NC(=O)CC[C@@H]1NC(=O)C(NC=O)CCC(=O)NCCCC(C(N)=O)NC(=O)[C@H](Cc2c[nH]c3ccccc23)NC(=O)[C@H](CCCN=C(N)N)NC(=O)C(Cc2ccccc2)NC1=O. The summed E-state index contributed by atoms with van der Waals surface area (Å²) in [7, 11) is 0. The summed E-state index contributed by atoms with van der Waals surface area (Å²) >= 11 is 0. The topological polar surface area (TPSA) is 370 Å². The summed E-state index contributed by atoms with van der Waals surface area (Å²) in [5.41, 5.74) is 24.1. The van der Waals surface area contributed by atoms with E-state index in [9.17, 15) is 43.2 Å². The van der Waals surface area contributed by atoms with Crippen molar-refractivity contribution in [1.82, 2.24) is 42.2 Å². The number of aromatic amines is 1. The number of hydrogen-bond acceptors (Lipinski definition) is 10. The van der Waals surface area contributed by atoms with Gasteiger partial charge in [-0.1, -0.05) is 48.5 Å². The minimum absolute atomic E-state index is 0.00711. The Hall–Kier alpha value is -7.52. The fraction of sp³-hybridized carbons (Fsp3) is 0.429. The Balaban J connectivity index is 1.76. The van der Waals surface area contributed by atoms with Gasteiger partial charge in [0.25, 0.3) is 0 Å². The Bertz CT molecular complexity index is 2160. The number of nitrogens with one attached hydrogen (secondary N) is 8. The molecule has 9 amide bonds. The lowest BCUT2D eigenvalue weighted by molar-refractivity contribution is -0.135. The number of nitrogens with zero attached hydrogens (tertiary/aromatic N) is 1. The molecule has 6 atom stereocenters. The van der Waals surface area contributed by atoms with Crippen molar-refractivity contribution in [3.05, 3.63) is 71.9 Å². The fourth-order valence-corrected chi connectivity index (χ4v) is 7.03. The van der Waals surface area contributed by atoms with Crippen LogP contribution in [0.3, 0.4) is 0 Å². The van der Waals surface area contributed by atoms with E-state index in [0.717, 1.165) is 10.9 Å². The average Bonchev–Trinajstić information content (AvgIpc) is 3.67. The molecular weight excluding hydrogens is 831 g/mol. The second-order valence-electron chi connectivity index (χ2n) is 15.3. The number of carbonyl (C=O) groups excluding carboxylic acids is 9. The van der Waals surface area contributed by atoms with Crippen LogP contribution in [0.4, 0.5) is 0 Å². The largest absolute Gasteiger partial charge is 0.370 e. The minimum atomic E-state index is -1.46. The molecule has 1 fully saturated rings. The third-order valence-corrected chi connectivity index (χ3v) is 10.4. The number of guanidine groups is 1. The van der Waals surface area contributed by atoms with Gasteiger partial charge in [0.05, 0.1) is 0 Å². The number of rotatable bonds is 14. The van der Waals surface area contributed by atoms with Crippen LogP contribution in [0, 0.1) is 0 Å². The Kier molecular flexibility index (Phi) is 19.0. The summed E-state index contributed by atoms with van der Waals surface area (Å²) in [5, 5.41) is 19.0. The lowest BCUT2D eigenvalue weighted by Crippen LogP contribution is -2.60. The molecule has 4 rings (SSSR count). The maximum absolute atomic E-state index is 14.4. The quantitative estimate of drug-likeness (QED) is 0.0335. The number of fused-ring (bicyclic) bond motifs is 1. The zero-order chi connectivity index (χ0) is 46.6. The van der Waals surface area contributed by atoms with Crippen molar-refractivity contribution in [2.24, 2.45) is 27.9 Å². The van der Waals surface area contributed by atoms with E-state index in [-0.39, 0.29) is 89.7 Å². The predicted octanol–water partition coefficient (Wildman–Crippen LogP) is -3.01. The molecule has 22 nitrogen and oxygen atoms in total. The van der Waals surface area contributed by atoms with Gasteiger partial charge in [-0.15, -0.1) is 0 Å². The molecule has 22 heteroatoms. The molecule has 344 valence electrons. The predicted molar refractivity (Wildman–Crippen MR) is 234 cm³/mol. The van der Waals surface area contributed by atoms with Crippen LogP contribution in [-0.4, -0.2) is 114 Å². The standard InChI is InChI=1S/C42H57N13O9/c43-34(57)16-14-31-39(62)54-32(20-24-8-2-1-3-9-24)40(63)52-30(13-7-19-48-42(45)46)38(61)55-33(21-25-22-49-27-11-5-4-10-26(25)27)41(64)51-28(36(44)59)12-6-18-47-35(58)17-15-29(50-23-56)37(60)53-31/h1-5,8-11,22-23,28-33,49H,6-7,12-21H2,(H2,43,57)(H2,44,59)(H,47,58)(H,50,56)(H,51,64)(H,52,63)(H,53,60)(H,54,62)(H,55,61)(H4,45,46,48)/t28?,29?,30-,31-,32?,33-/m0/s1. The number of H-pyrrole nitrogens is 1. The lowest BCUT2D eigenvalue weighted by atomic mass is 10.0. The number of carbonyl (C=O) groups is 9. The van der Waals surface area contributed by atoms with Crippen LogP contribution in [-0.2, 0) is 56.0 Å². The van der Waals surface area contributed by atoms with Gasteiger partial charge in [0.15, 0.2) is 5.96 Å². The smallest absolute Gasteiger partial charge is 0.243 e. The van der Waals surface area contributed by atoms with Crippen molar-refractivity contribution < 1.29 is 43.2 Å². The van der Waals surface area contributed by atoms with Crippen LogP contribution in [0.25, 0.3) is 10.9 Å². The Labute approximate surface area is 368 Å². The molecule has 3 aromatic rings. The Morgan fingerprint density at radius 2 is 1.33 bits per heavy atom. The molecular formula is C42H57N13O9. The molecule has 0 aliphatic carbocycles. The molecule has 1 saturated heterocycles. The molecule has 0 bridgehead atoms. The van der Waals surface area contributed by atoms with E-state index < -0.39 is 83.5 Å². The second kappa shape index (κ2) is 24.8. The minimum Gasteiger partial charge on any atom is -0.370 e. The van der Waals surface area contributed by atoms with E-state index in [1.54, 1.807) is 42.6 Å². The number of aliphatic imine (C=N–C) groups is 1. The van der Waals surface area contributed by atoms with Crippen LogP contribution in [0.2, 0.25) is 0 Å². The van der Waals surface area contributed by atoms with Crippen molar-refractivity contribution >= 4 is 70.5 Å². The van der Waals surface area contributed by atoms with E-state index in [0.29, 0.717) is 11.1 Å². The molecule has 0 spiro atoms. The molecule has 3 unspecified atom stereocenters. The Morgan fingerprint density at radius 1 is 0.719 bits per heavy atom. The van der Waals surface area contributed by atoms with Gasteiger partial charge >= 0.3 is 0 Å². The first kappa shape index (κ1) is 49.1. The molecule has 1 aliphatic heterocycles. The van der Waals surface area contributed by atoms with Gasteiger partial charge < -0.3 is 65.1 Å². The maximum atomic E-state index is 14.4. The van der Waals surface area contributed by atoms with Gasteiger partial charge in [-0.25, -0.2) is 0 Å². The van der Waals surface area contributed by atoms with Crippen molar-refractivity contribution in [3.63, 3.8) is 0 Å². The summed E-state index contributed by atoms with van der Waals surface area (Å²) in [5.74, 6) is -6.57. The summed E-state index contributed by atoms with van der Waals surface area (Å²) in [6.07, 6.45) is 0.913. The molecule has 1 aliphatic rings. The highest BCUT2D eigenvalue weighted by Crippen LogP contribution is 2.20. The zero-order valence-corrected chi connectivity index (χ0v) is 35.2. The van der Waals surface area contributed by atoms with Crippen LogP contribution in [0.5, 0.6) is 0 Å². The molecule has 2 aromatic carbocycles. The van der Waals surface area contributed by atoms with Gasteiger partial charge in [0.1, 0.15) is 36.3 Å². The van der Waals surface area contributed by atoms with Crippen molar-refractivity contribution in [2.45, 2.75) is 100 Å². The molecule has 16 N–H and O–H groups in total. The molecule has 2 heterocycles. The Morgan fingerprint density at radius 3 is 2.00 bits per heavy atom. The molecule has 0 radical (unpaired) electrons. The number of benzene rings is 2. The van der Waals surface area contributed by atoms with E-state index in [1.165, 1.54) is 0 Å². The first-order valence-corrected chi connectivity index (χ1v) is 20.8. The van der Waals surface area contributed by atoms with E-state index in [4.69, 9.17) is 22.9 Å². The lowest BCUT2D eigenvalue weighted by Gasteiger charge is -2.27. The summed E-state index contributed by atoms with van der Waals surface area (Å²) in [4.78, 5) is 126. The summed E-state index contributed by atoms with van der Waals surface area (Å²) < 4.78 is 0. The fourth-order valence-electron chi connectivity index (χ4n) is 7.03. The third-order valence-electron chi connectivity index (χ3n) is 10.4. The number of nitrogens with two attached hydrogens (primary N) is 4. The highest BCUT2D eigenvalue weighted by molar-refractivity contribution is 5.97. The van der Waals surface area contributed by atoms with Crippen molar-refractivity contribution in [2.75, 3.05) is 13.1 Å². The average molecular weight is 888 g/mol. The molecule has 64 heavy (non-hydrogen) atoms. The maximum Gasteiger partial charge on any atom is 0.243 e. The van der Waals surface area contributed by atoms with Gasteiger partial charge in [-0.3, -0.25) is 48.1 Å². The highest BCUT2D eigenvalue weighted by atomic mass is 16.2.